The summed E-state index contributed by atoms with van der Waals surface area (Å²) in [5, 5.41) is 0. The molecule has 0 bridgehead atoms. The molecule has 238 valence electrons. The molecule has 44 heavy (non-hydrogen) atoms. The summed E-state index contributed by atoms with van der Waals surface area (Å²) >= 11 is 0. The monoisotopic (exact) mass is 616 g/mol. The summed E-state index contributed by atoms with van der Waals surface area (Å²) in [7, 11) is 0. The van der Waals surface area contributed by atoms with Gasteiger partial charge in [-0.1, -0.05) is 24.3 Å². The highest BCUT2D eigenvalue weighted by Crippen LogP contribution is 2.31. The molecular weight excluding hydrogens is 580 g/mol. The fraction of sp³-hybridized carbons (Fsp3) is 0.452. The Labute approximate surface area is 254 Å². The molecule has 13 nitrogen and oxygen atoms in total. The predicted molar refractivity (Wildman–Crippen MR) is 150 cm³/mol. The van der Waals surface area contributed by atoms with Crippen LogP contribution >= 0.6 is 0 Å². The minimum Gasteiger partial charge on any atom is -0.482 e. The average Bonchev–Trinajstić information content (AvgIpc) is 2.94. The third-order valence-electron chi connectivity index (χ3n) is 6.07. The molecular formula is C31H36O13. The highest BCUT2D eigenvalue weighted by molar-refractivity contribution is 5.71. The third-order valence-corrected chi connectivity index (χ3v) is 6.07. The Balaban J connectivity index is 1.85. The van der Waals surface area contributed by atoms with Gasteiger partial charge in [-0.25, -0.2) is 4.79 Å². The van der Waals surface area contributed by atoms with Crippen molar-refractivity contribution in [3.05, 3.63) is 59.7 Å². The first-order valence-corrected chi connectivity index (χ1v) is 13.9. The van der Waals surface area contributed by atoms with Gasteiger partial charge in [0.15, 0.2) is 18.8 Å². The molecule has 1 aliphatic rings. The second-order valence-electron chi connectivity index (χ2n) is 9.75. The van der Waals surface area contributed by atoms with Crippen LogP contribution in [0.25, 0.3) is 0 Å². The second-order valence-corrected chi connectivity index (χ2v) is 9.75. The van der Waals surface area contributed by atoms with E-state index < -0.39 is 60.6 Å². The van der Waals surface area contributed by atoms with E-state index in [-0.39, 0.29) is 19.8 Å². The van der Waals surface area contributed by atoms with Crippen molar-refractivity contribution in [1.29, 1.82) is 0 Å². The van der Waals surface area contributed by atoms with E-state index in [9.17, 15) is 24.0 Å². The Hall–Kier alpha value is -4.65. The van der Waals surface area contributed by atoms with Crippen molar-refractivity contribution in [2.24, 2.45) is 0 Å². The first-order chi connectivity index (χ1) is 20.9. The minimum absolute atomic E-state index is 0.212. The van der Waals surface area contributed by atoms with Crippen LogP contribution < -0.4 is 9.47 Å². The smallest absolute Gasteiger partial charge is 0.344 e. The van der Waals surface area contributed by atoms with Crippen LogP contribution in [0.3, 0.4) is 0 Å². The number of ether oxygens (including phenoxy) is 8. The van der Waals surface area contributed by atoms with Crippen LogP contribution in [-0.4, -0.2) is 80.4 Å². The van der Waals surface area contributed by atoms with Crippen molar-refractivity contribution in [2.45, 2.75) is 71.7 Å². The van der Waals surface area contributed by atoms with Crippen molar-refractivity contribution in [3.8, 4) is 11.5 Å². The van der Waals surface area contributed by atoms with Crippen LogP contribution in [-0.2, 0) is 58.8 Å². The lowest BCUT2D eigenvalue weighted by atomic mass is 9.98. The van der Waals surface area contributed by atoms with E-state index >= 15 is 0 Å². The Kier molecular flexibility index (Phi) is 12.5. The number of hydrogen-bond donors (Lipinski definition) is 0. The van der Waals surface area contributed by atoms with Gasteiger partial charge in [-0.15, -0.1) is 0 Å². The van der Waals surface area contributed by atoms with E-state index in [0.717, 1.165) is 31.9 Å². The van der Waals surface area contributed by atoms with Gasteiger partial charge >= 0.3 is 29.8 Å². The van der Waals surface area contributed by atoms with Gasteiger partial charge in [0.25, 0.3) is 0 Å². The largest absolute Gasteiger partial charge is 0.482 e. The molecule has 2 aromatic rings. The number of rotatable bonds is 13. The van der Waals surface area contributed by atoms with Crippen LogP contribution in [0.1, 0.15) is 45.7 Å². The molecule has 0 aliphatic carbocycles. The van der Waals surface area contributed by atoms with Gasteiger partial charge in [0.2, 0.25) is 12.4 Å². The summed E-state index contributed by atoms with van der Waals surface area (Å²) in [6, 6.07) is 14.2. The van der Waals surface area contributed by atoms with Crippen LogP contribution in [0.15, 0.2) is 48.5 Å². The van der Waals surface area contributed by atoms with Crippen molar-refractivity contribution in [2.75, 3.05) is 19.8 Å². The second kappa shape index (κ2) is 16.3. The molecule has 0 radical (unpaired) electrons. The van der Waals surface area contributed by atoms with Crippen molar-refractivity contribution < 1.29 is 61.9 Å². The number of carbonyl (C=O) groups excluding carboxylic acids is 5. The zero-order valence-corrected chi connectivity index (χ0v) is 25.1. The molecule has 3 rings (SSSR count). The number of hydrogen-bond acceptors (Lipinski definition) is 13. The van der Waals surface area contributed by atoms with Gasteiger partial charge in [0.05, 0.1) is 6.61 Å². The summed E-state index contributed by atoms with van der Waals surface area (Å²) in [4.78, 5) is 59.3. The van der Waals surface area contributed by atoms with Gasteiger partial charge in [-0.05, 0) is 48.7 Å². The Bertz CT molecular complexity index is 1320. The molecule has 1 saturated heterocycles. The molecule has 1 aliphatic heterocycles. The van der Waals surface area contributed by atoms with Crippen molar-refractivity contribution >= 4 is 29.8 Å². The van der Waals surface area contributed by atoms with Gasteiger partial charge in [-0.2, -0.15) is 0 Å². The van der Waals surface area contributed by atoms with Gasteiger partial charge < -0.3 is 37.9 Å². The molecule has 1 heterocycles. The molecule has 0 amide bonds. The van der Waals surface area contributed by atoms with E-state index in [1.807, 2.05) is 12.1 Å². The van der Waals surface area contributed by atoms with E-state index in [2.05, 4.69) is 0 Å². The molecule has 0 unspecified atom stereocenters. The maximum atomic E-state index is 12.1. The first kappa shape index (κ1) is 33.8. The molecule has 5 atom stereocenters. The Morgan fingerprint density at radius 3 is 1.86 bits per heavy atom. The summed E-state index contributed by atoms with van der Waals surface area (Å²) < 4.78 is 43.9. The zero-order valence-electron chi connectivity index (χ0n) is 25.1. The fourth-order valence-electron chi connectivity index (χ4n) is 4.47. The van der Waals surface area contributed by atoms with E-state index in [1.165, 1.54) is 6.92 Å². The molecule has 2 aromatic carbocycles. The Morgan fingerprint density at radius 2 is 1.27 bits per heavy atom. The van der Waals surface area contributed by atoms with Gasteiger partial charge in [0.1, 0.15) is 24.2 Å². The maximum Gasteiger partial charge on any atom is 0.344 e. The SMILES string of the molecule is CCOC(=O)COc1cccc(Cc2cccc(O[C@H]3O[C@H](COC(C)=O)[C@@H](OC(C)=O)[C@H](OC(C)=O)[C@@H]3OC(C)=O)c2)c1. The zero-order chi connectivity index (χ0) is 32.2. The summed E-state index contributed by atoms with van der Waals surface area (Å²) in [6.45, 7) is 6.02. The molecule has 0 saturated carbocycles. The topological polar surface area (TPSA) is 159 Å². The summed E-state index contributed by atoms with van der Waals surface area (Å²) in [5.41, 5.74) is 1.71. The van der Waals surface area contributed by atoms with E-state index in [4.69, 9.17) is 37.9 Å². The standard InChI is InChI=1S/C31H36O13/c1-6-37-27(36)17-39-24-11-7-9-22(14-24)13-23-10-8-12-25(15-23)43-31-30(42-21(5)35)29(41-20(4)34)28(40-19(3)33)26(44-31)16-38-18(2)32/h7-12,14-15,26,28-31H,6,13,16-17H2,1-5H3/t26-,28-,29+,30+,31+/m1/s1. The highest BCUT2D eigenvalue weighted by atomic mass is 16.7. The molecule has 0 spiro atoms. The molecule has 1 fully saturated rings. The van der Waals surface area contributed by atoms with Crippen LogP contribution in [0.4, 0.5) is 0 Å². The molecule has 13 heteroatoms. The third kappa shape index (κ3) is 10.6. The minimum atomic E-state index is -1.36. The summed E-state index contributed by atoms with van der Waals surface area (Å²) in [5.74, 6) is -2.48. The fourth-order valence-corrected chi connectivity index (χ4v) is 4.47. The van der Waals surface area contributed by atoms with Gasteiger partial charge in [-0.3, -0.25) is 19.2 Å². The molecule has 0 N–H and O–H groups in total. The van der Waals surface area contributed by atoms with Crippen molar-refractivity contribution in [3.63, 3.8) is 0 Å². The van der Waals surface area contributed by atoms with Gasteiger partial charge in [0, 0.05) is 27.7 Å². The summed E-state index contributed by atoms with van der Waals surface area (Å²) in [6.07, 6.45) is -6.02. The lowest BCUT2D eigenvalue weighted by Crippen LogP contribution is -2.63. The number of benzene rings is 2. The predicted octanol–water partition coefficient (Wildman–Crippen LogP) is 2.68. The van der Waals surface area contributed by atoms with E-state index in [0.29, 0.717) is 17.9 Å². The number of esters is 5. The lowest BCUT2D eigenvalue weighted by Gasteiger charge is -2.43. The van der Waals surface area contributed by atoms with Crippen molar-refractivity contribution in [1.82, 2.24) is 0 Å². The van der Waals surface area contributed by atoms with Crippen LogP contribution in [0.2, 0.25) is 0 Å². The Morgan fingerprint density at radius 1 is 0.705 bits per heavy atom. The number of carbonyl (C=O) groups is 5. The average molecular weight is 617 g/mol. The highest BCUT2D eigenvalue weighted by Gasteiger charge is 2.53. The van der Waals surface area contributed by atoms with E-state index in [1.54, 1.807) is 43.3 Å². The lowest BCUT2D eigenvalue weighted by molar-refractivity contribution is -0.288. The first-order valence-electron chi connectivity index (χ1n) is 13.9. The van der Waals surface area contributed by atoms with Crippen LogP contribution in [0.5, 0.6) is 11.5 Å². The maximum absolute atomic E-state index is 12.1. The molecule has 0 aromatic heterocycles. The normalized spacial score (nSPS) is 20.9. The van der Waals surface area contributed by atoms with Crippen LogP contribution in [0, 0.1) is 0 Å². The quantitative estimate of drug-likeness (QED) is 0.239.